The molecule has 0 bridgehead atoms. The normalized spacial score (nSPS) is 25.2. The summed E-state index contributed by atoms with van der Waals surface area (Å²) < 4.78 is 5.32. The third kappa shape index (κ3) is 3.48. The number of hydrogen-bond donors (Lipinski definition) is 2. The Kier molecular flexibility index (Phi) is 5.22. The van der Waals surface area contributed by atoms with Gasteiger partial charge in [-0.15, -0.1) is 0 Å². The molecule has 110 valence electrons. The monoisotopic (exact) mass is 268 g/mol. The van der Waals surface area contributed by atoms with Crippen LogP contribution in [0, 0.1) is 11.3 Å². The van der Waals surface area contributed by atoms with Crippen LogP contribution in [-0.2, 0) is 9.53 Å². The molecule has 2 fully saturated rings. The van der Waals surface area contributed by atoms with Crippen molar-refractivity contribution in [2.45, 2.75) is 51.5 Å². The number of piperidine rings is 1. The Morgan fingerprint density at radius 1 is 1.37 bits per heavy atom. The minimum atomic E-state index is -0.313. The van der Waals surface area contributed by atoms with Crippen LogP contribution in [0.4, 0.5) is 0 Å². The smallest absolute Gasteiger partial charge is 0.228 e. The fraction of sp³-hybridized carbons (Fsp3) is 0.933. The maximum atomic E-state index is 12.7. The van der Waals surface area contributed by atoms with Gasteiger partial charge < -0.3 is 15.4 Å². The van der Waals surface area contributed by atoms with Gasteiger partial charge in [-0.3, -0.25) is 4.79 Å². The first-order valence-corrected chi connectivity index (χ1v) is 7.68. The highest BCUT2D eigenvalue weighted by Crippen LogP contribution is 2.32. The maximum Gasteiger partial charge on any atom is 0.228 e. The first-order valence-electron chi connectivity index (χ1n) is 7.68. The zero-order valence-electron chi connectivity index (χ0n) is 12.3. The molecule has 0 spiro atoms. The number of nitrogens with one attached hydrogen (secondary N) is 2. The topological polar surface area (TPSA) is 50.4 Å². The van der Waals surface area contributed by atoms with Gasteiger partial charge in [-0.2, -0.15) is 0 Å². The predicted octanol–water partition coefficient (Wildman–Crippen LogP) is 1.70. The van der Waals surface area contributed by atoms with Crippen LogP contribution in [0.2, 0.25) is 0 Å². The fourth-order valence-electron chi connectivity index (χ4n) is 3.55. The Morgan fingerprint density at radius 3 is 2.58 bits per heavy atom. The molecule has 0 aromatic carbocycles. The van der Waals surface area contributed by atoms with Crippen LogP contribution < -0.4 is 10.6 Å². The fourth-order valence-corrected chi connectivity index (χ4v) is 3.55. The third-order valence-electron chi connectivity index (χ3n) is 4.93. The molecule has 1 unspecified atom stereocenters. The maximum absolute atomic E-state index is 12.7. The molecule has 0 aromatic rings. The molecule has 0 radical (unpaired) electrons. The average Bonchev–Trinajstić information content (AvgIpc) is 2.94. The second kappa shape index (κ2) is 6.71. The number of methoxy groups -OCH3 is 1. The molecule has 2 aliphatic rings. The van der Waals surface area contributed by atoms with Crippen LogP contribution in [0.5, 0.6) is 0 Å². The van der Waals surface area contributed by atoms with E-state index in [4.69, 9.17) is 4.74 Å². The van der Waals surface area contributed by atoms with Crippen LogP contribution in [0.1, 0.15) is 45.4 Å². The van der Waals surface area contributed by atoms with Crippen molar-refractivity contribution in [3.63, 3.8) is 0 Å². The van der Waals surface area contributed by atoms with Gasteiger partial charge in [0.15, 0.2) is 0 Å². The lowest BCUT2D eigenvalue weighted by atomic mass is 9.78. The number of carbonyl (C=O) groups is 1. The van der Waals surface area contributed by atoms with E-state index in [1.165, 1.54) is 25.7 Å². The van der Waals surface area contributed by atoms with Crippen molar-refractivity contribution < 1.29 is 9.53 Å². The number of ether oxygens (including phenoxy) is 1. The predicted molar refractivity (Wildman–Crippen MR) is 76.0 cm³/mol. The number of carbonyl (C=O) groups excluding carboxylic acids is 1. The SMILES string of the molecule is COCC1(C(=O)NC(C)C2CCCC2)CCNCC1. The van der Waals surface area contributed by atoms with Gasteiger partial charge in [-0.25, -0.2) is 0 Å². The molecule has 4 nitrogen and oxygen atoms in total. The summed E-state index contributed by atoms with van der Waals surface area (Å²) in [4.78, 5) is 12.7. The number of amides is 1. The van der Waals surface area contributed by atoms with Gasteiger partial charge >= 0.3 is 0 Å². The van der Waals surface area contributed by atoms with Gasteiger partial charge in [0.05, 0.1) is 12.0 Å². The van der Waals surface area contributed by atoms with E-state index in [0.29, 0.717) is 18.6 Å². The lowest BCUT2D eigenvalue weighted by Gasteiger charge is -2.37. The van der Waals surface area contributed by atoms with E-state index in [0.717, 1.165) is 25.9 Å². The summed E-state index contributed by atoms with van der Waals surface area (Å²) in [5.74, 6) is 0.875. The second-order valence-electron chi connectivity index (χ2n) is 6.27. The first kappa shape index (κ1) is 14.8. The second-order valence-corrected chi connectivity index (χ2v) is 6.27. The minimum Gasteiger partial charge on any atom is -0.384 e. The van der Waals surface area contributed by atoms with Crippen molar-refractivity contribution >= 4 is 5.91 Å². The summed E-state index contributed by atoms with van der Waals surface area (Å²) in [7, 11) is 1.69. The minimum absolute atomic E-state index is 0.204. The van der Waals surface area contributed by atoms with Gasteiger partial charge in [0.1, 0.15) is 0 Å². The quantitative estimate of drug-likeness (QED) is 0.798. The van der Waals surface area contributed by atoms with E-state index in [2.05, 4.69) is 17.6 Å². The molecule has 1 heterocycles. The summed E-state index contributed by atoms with van der Waals surface area (Å²) in [6.45, 7) is 4.52. The zero-order chi connectivity index (χ0) is 13.7. The first-order chi connectivity index (χ1) is 9.18. The molecule has 19 heavy (non-hydrogen) atoms. The average molecular weight is 268 g/mol. The van der Waals surface area contributed by atoms with E-state index >= 15 is 0 Å². The Labute approximate surface area is 116 Å². The molecule has 1 amide bonds. The van der Waals surface area contributed by atoms with E-state index in [1.54, 1.807) is 7.11 Å². The van der Waals surface area contributed by atoms with Crippen LogP contribution in [0.3, 0.4) is 0 Å². The van der Waals surface area contributed by atoms with Gasteiger partial charge in [0.25, 0.3) is 0 Å². The van der Waals surface area contributed by atoms with Crippen molar-refractivity contribution in [1.82, 2.24) is 10.6 Å². The lowest BCUT2D eigenvalue weighted by molar-refractivity contribution is -0.137. The summed E-state index contributed by atoms with van der Waals surface area (Å²) in [5.41, 5.74) is -0.313. The van der Waals surface area contributed by atoms with Crippen LogP contribution in [0.15, 0.2) is 0 Å². The highest BCUT2D eigenvalue weighted by molar-refractivity contribution is 5.83. The van der Waals surface area contributed by atoms with Crippen molar-refractivity contribution in [3.05, 3.63) is 0 Å². The highest BCUT2D eigenvalue weighted by Gasteiger charge is 2.40. The molecule has 2 N–H and O–H groups in total. The number of rotatable bonds is 5. The van der Waals surface area contributed by atoms with Gasteiger partial charge in [0.2, 0.25) is 5.91 Å². The molecule has 4 heteroatoms. The summed E-state index contributed by atoms with van der Waals surface area (Å²) in [6.07, 6.45) is 6.92. The molecule has 1 saturated heterocycles. The summed E-state index contributed by atoms with van der Waals surface area (Å²) in [6, 6.07) is 0.304. The van der Waals surface area contributed by atoms with Crippen molar-refractivity contribution in [3.8, 4) is 0 Å². The Morgan fingerprint density at radius 2 is 2.00 bits per heavy atom. The largest absolute Gasteiger partial charge is 0.384 e. The molecule has 2 rings (SSSR count). The van der Waals surface area contributed by atoms with Crippen molar-refractivity contribution in [2.24, 2.45) is 11.3 Å². The Balaban J connectivity index is 1.94. The van der Waals surface area contributed by atoms with Crippen molar-refractivity contribution in [1.29, 1.82) is 0 Å². The standard InChI is InChI=1S/C15H28N2O2/c1-12(13-5-3-4-6-13)17-14(18)15(11-19-2)7-9-16-10-8-15/h12-13,16H,3-11H2,1-2H3,(H,17,18). The van der Waals surface area contributed by atoms with E-state index in [-0.39, 0.29) is 11.3 Å². The lowest BCUT2D eigenvalue weighted by Crippen LogP contribution is -2.53. The molecule has 1 saturated carbocycles. The van der Waals surface area contributed by atoms with Gasteiger partial charge in [-0.1, -0.05) is 12.8 Å². The highest BCUT2D eigenvalue weighted by atomic mass is 16.5. The molecule has 1 atom stereocenters. The van der Waals surface area contributed by atoms with Gasteiger partial charge in [-0.05, 0) is 51.6 Å². The van der Waals surface area contributed by atoms with E-state index in [9.17, 15) is 4.79 Å². The van der Waals surface area contributed by atoms with Crippen molar-refractivity contribution in [2.75, 3.05) is 26.8 Å². The zero-order valence-corrected chi connectivity index (χ0v) is 12.3. The summed E-state index contributed by atoms with van der Waals surface area (Å²) >= 11 is 0. The number of hydrogen-bond acceptors (Lipinski definition) is 3. The van der Waals surface area contributed by atoms with Crippen LogP contribution in [-0.4, -0.2) is 38.8 Å². The molecule has 1 aliphatic heterocycles. The molecule has 0 aromatic heterocycles. The van der Waals surface area contributed by atoms with E-state index in [1.807, 2.05) is 0 Å². The van der Waals surface area contributed by atoms with Crippen LogP contribution in [0.25, 0.3) is 0 Å². The van der Waals surface area contributed by atoms with Crippen LogP contribution >= 0.6 is 0 Å². The molecule has 1 aliphatic carbocycles. The molecular weight excluding hydrogens is 240 g/mol. The third-order valence-corrected chi connectivity index (χ3v) is 4.93. The van der Waals surface area contributed by atoms with E-state index < -0.39 is 0 Å². The molecular formula is C15H28N2O2. The Hall–Kier alpha value is -0.610. The Bertz CT molecular complexity index is 289. The van der Waals surface area contributed by atoms with Gasteiger partial charge in [0, 0.05) is 13.2 Å². The summed E-state index contributed by atoms with van der Waals surface area (Å²) in [5, 5.41) is 6.60.